The van der Waals surface area contributed by atoms with Crippen molar-refractivity contribution < 1.29 is 0 Å². The summed E-state index contributed by atoms with van der Waals surface area (Å²) in [4.78, 5) is 1.25. The Morgan fingerprint density at radius 1 is 1.54 bits per heavy atom. The van der Waals surface area contributed by atoms with Crippen molar-refractivity contribution in [3.63, 3.8) is 0 Å². The Balaban J connectivity index is 2.43. The fraction of sp³-hybridized carbons (Fsp3) is 0.300. The van der Waals surface area contributed by atoms with Crippen molar-refractivity contribution in [2.24, 2.45) is 7.05 Å². The van der Waals surface area contributed by atoms with Gasteiger partial charge in [-0.1, -0.05) is 13.0 Å². The average molecular weight is 192 g/mol. The van der Waals surface area contributed by atoms with E-state index in [0.717, 1.165) is 12.1 Å². The molecular weight excluding hydrogens is 180 g/mol. The van der Waals surface area contributed by atoms with Gasteiger partial charge in [0.15, 0.2) is 0 Å². The third-order valence-electron chi connectivity index (χ3n) is 2.11. The minimum Gasteiger partial charge on any atom is -0.272 e. The molecule has 0 fully saturated rings. The maximum atomic E-state index is 4.45. The lowest BCUT2D eigenvalue weighted by Gasteiger charge is -1.92. The summed E-state index contributed by atoms with van der Waals surface area (Å²) < 4.78 is 1.95. The van der Waals surface area contributed by atoms with Gasteiger partial charge in [0.05, 0.1) is 4.88 Å². The summed E-state index contributed by atoms with van der Waals surface area (Å²) in [6, 6.07) is 6.32. The third kappa shape index (κ3) is 1.52. The van der Waals surface area contributed by atoms with Gasteiger partial charge in [0.25, 0.3) is 0 Å². The highest BCUT2D eigenvalue weighted by atomic mass is 32.1. The van der Waals surface area contributed by atoms with Crippen LogP contribution in [-0.4, -0.2) is 9.78 Å². The summed E-state index contributed by atoms with van der Waals surface area (Å²) in [7, 11) is 2.00. The first-order valence-electron chi connectivity index (χ1n) is 4.38. The van der Waals surface area contributed by atoms with E-state index in [1.54, 1.807) is 11.3 Å². The number of aryl methyl sites for hydroxylation is 2. The van der Waals surface area contributed by atoms with Gasteiger partial charge < -0.3 is 0 Å². The van der Waals surface area contributed by atoms with E-state index >= 15 is 0 Å². The van der Waals surface area contributed by atoms with Gasteiger partial charge >= 0.3 is 0 Å². The zero-order valence-electron chi connectivity index (χ0n) is 7.82. The van der Waals surface area contributed by atoms with Gasteiger partial charge in [-0.15, -0.1) is 11.3 Å². The number of hydrogen-bond donors (Lipinski definition) is 0. The number of aromatic nitrogens is 2. The van der Waals surface area contributed by atoms with Crippen molar-refractivity contribution >= 4 is 11.3 Å². The van der Waals surface area contributed by atoms with Crippen LogP contribution in [0.3, 0.4) is 0 Å². The van der Waals surface area contributed by atoms with E-state index in [-0.39, 0.29) is 0 Å². The predicted molar refractivity (Wildman–Crippen MR) is 55.9 cm³/mol. The molecule has 2 aromatic heterocycles. The smallest absolute Gasteiger partial charge is 0.103 e. The van der Waals surface area contributed by atoms with Gasteiger partial charge in [0.1, 0.15) is 5.69 Å². The maximum absolute atomic E-state index is 4.45. The van der Waals surface area contributed by atoms with E-state index in [1.807, 2.05) is 11.7 Å². The van der Waals surface area contributed by atoms with Crippen molar-refractivity contribution in [3.05, 3.63) is 29.3 Å². The standard InChI is InChI=1S/C10H12N2S/c1-3-8-7-9(11-12(8)2)10-5-4-6-13-10/h4-7H,3H2,1-2H3. The summed E-state index contributed by atoms with van der Waals surface area (Å²) in [5.41, 5.74) is 2.37. The minimum atomic E-state index is 1.04. The molecular formula is C10H12N2S. The minimum absolute atomic E-state index is 1.04. The SMILES string of the molecule is CCc1cc(-c2cccs2)nn1C. The first-order valence-corrected chi connectivity index (χ1v) is 5.26. The van der Waals surface area contributed by atoms with Crippen molar-refractivity contribution in [2.75, 3.05) is 0 Å². The Bertz CT molecular complexity index is 387. The lowest BCUT2D eigenvalue weighted by molar-refractivity contribution is 0.720. The first-order chi connectivity index (χ1) is 6.31. The van der Waals surface area contributed by atoms with Crippen LogP contribution in [0.4, 0.5) is 0 Å². The molecule has 13 heavy (non-hydrogen) atoms. The molecule has 0 aliphatic rings. The molecule has 0 aromatic carbocycles. The molecule has 0 unspecified atom stereocenters. The van der Waals surface area contributed by atoms with Crippen molar-refractivity contribution in [1.82, 2.24) is 9.78 Å². The monoisotopic (exact) mass is 192 g/mol. The van der Waals surface area contributed by atoms with Crippen LogP contribution in [0.1, 0.15) is 12.6 Å². The van der Waals surface area contributed by atoms with Crippen LogP contribution in [0.2, 0.25) is 0 Å². The number of thiophene rings is 1. The van der Waals surface area contributed by atoms with E-state index in [1.165, 1.54) is 10.6 Å². The molecule has 68 valence electrons. The second-order valence-corrected chi connectivity index (χ2v) is 3.92. The largest absolute Gasteiger partial charge is 0.272 e. The molecule has 0 aliphatic carbocycles. The van der Waals surface area contributed by atoms with Crippen molar-refractivity contribution in [2.45, 2.75) is 13.3 Å². The maximum Gasteiger partial charge on any atom is 0.103 e. The Labute approximate surface area is 81.8 Å². The molecule has 0 bridgehead atoms. The van der Waals surface area contributed by atoms with Gasteiger partial charge in [0, 0.05) is 12.7 Å². The Morgan fingerprint density at radius 2 is 2.38 bits per heavy atom. The van der Waals surface area contributed by atoms with Gasteiger partial charge in [-0.2, -0.15) is 5.10 Å². The Hall–Kier alpha value is -1.09. The van der Waals surface area contributed by atoms with Gasteiger partial charge in [0.2, 0.25) is 0 Å². The quantitative estimate of drug-likeness (QED) is 0.715. The topological polar surface area (TPSA) is 17.8 Å². The second-order valence-electron chi connectivity index (χ2n) is 2.98. The average Bonchev–Trinajstić information content (AvgIpc) is 2.71. The molecule has 2 heterocycles. The molecule has 2 rings (SSSR count). The van der Waals surface area contributed by atoms with E-state index < -0.39 is 0 Å². The Morgan fingerprint density at radius 3 is 2.92 bits per heavy atom. The summed E-state index contributed by atoms with van der Waals surface area (Å²) >= 11 is 1.73. The zero-order valence-corrected chi connectivity index (χ0v) is 8.64. The molecule has 0 saturated heterocycles. The van der Waals surface area contributed by atoms with Crippen LogP contribution < -0.4 is 0 Å². The molecule has 0 spiro atoms. The molecule has 0 atom stereocenters. The number of nitrogens with zero attached hydrogens (tertiary/aromatic N) is 2. The van der Waals surface area contributed by atoms with Crippen molar-refractivity contribution in [3.8, 4) is 10.6 Å². The van der Waals surface area contributed by atoms with Gasteiger partial charge in [-0.25, -0.2) is 0 Å². The van der Waals surface area contributed by atoms with E-state index in [9.17, 15) is 0 Å². The Kier molecular flexibility index (Phi) is 2.19. The van der Waals surface area contributed by atoms with Crippen LogP contribution >= 0.6 is 11.3 Å². The molecule has 0 radical (unpaired) electrons. The molecule has 3 heteroatoms. The van der Waals surface area contributed by atoms with Gasteiger partial charge in [-0.3, -0.25) is 4.68 Å². The van der Waals surface area contributed by atoms with Gasteiger partial charge in [-0.05, 0) is 23.9 Å². The second kappa shape index (κ2) is 3.34. The molecule has 0 N–H and O–H groups in total. The lowest BCUT2D eigenvalue weighted by Crippen LogP contribution is -1.95. The van der Waals surface area contributed by atoms with Crippen LogP contribution in [0.25, 0.3) is 10.6 Å². The first kappa shape index (κ1) is 8.51. The van der Waals surface area contributed by atoms with E-state index in [2.05, 4.69) is 35.6 Å². The van der Waals surface area contributed by atoms with E-state index in [0.29, 0.717) is 0 Å². The normalized spacial score (nSPS) is 10.6. The number of rotatable bonds is 2. The molecule has 2 nitrogen and oxygen atoms in total. The highest BCUT2D eigenvalue weighted by molar-refractivity contribution is 7.13. The summed E-state index contributed by atoms with van der Waals surface area (Å²) in [6.07, 6.45) is 1.04. The predicted octanol–water partition coefficient (Wildman–Crippen LogP) is 2.71. The summed E-state index contributed by atoms with van der Waals surface area (Å²) in [6.45, 7) is 2.15. The summed E-state index contributed by atoms with van der Waals surface area (Å²) in [5, 5.41) is 6.53. The number of hydrogen-bond acceptors (Lipinski definition) is 2. The van der Waals surface area contributed by atoms with Crippen LogP contribution in [0.15, 0.2) is 23.6 Å². The lowest BCUT2D eigenvalue weighted by atomic mass is 10.3. The molecule has 0 amide bonds. The van der Waals surface area contributed by atoms with E-state index in [4.69, 9.17) is 0 Å². The highest BCUT2D eigenvalue weighted by Gasteiger charge is 2.05. The zero-order chi connectivity index (χ0) is 9.26. The molecule has 0 saturated carbocycles. The van der Waals surface area contributed by atoms with Crippen LogP contribution in [0, 0.1) is 0 Å². The fourth-order valence-electron chi connectivity index (χ4n) is 1.38. The fourth-order valence-corrected chi connectivity index (χ4v) is 2.06. The van der Waals surface area contributed by atoms with Crippen LogP contribution in [0.5, 0.6) is 0 Å². The third-order valence-corrected chi connectivity index (χ3v) is 3.00. The molecule has 0 aliphatic heterocycles. The highest BCUT2D eigenvalue weighted by Crippen LogP contribution is 2.23. The summed E-state index contributed by atoms with van der Waals surface area (Å²) in [5.74, 6) is 0. The molecule has 2 aromatic rings. The van der Waals surface area contributed by atoms with Crippen LogP contribution in [-0.2, 0) is 13.5 Å². The van der Waals surface area contributed by atoms with Crippen molar-refractivity contribution in [1.29, 1.82) is 0 Å².